The van der Waals surface area contributed by atoms with Crippen molar-refractivity contribution >= 4 is 40.9 Å². The molecular formula is C23H21Cl2N3O3. The van der Waals surface area contributed by atoms with Crippen LogP contribution in [0.2, 0.25) is 10.0 Å². The second-order valence-corrected chi connectivity index (χ2v) is 8.63. The molecule has 4 rings (SSSR count). The fourth-order valence-electron chi connectivity index (χ4n) is 4.05. The Labute approximate surface area is 190 Å². The molecule has 2 aliphatic rings. The van der Waals surface area contributed by atoms with E-state index in [9.17, 15) is 14.4 Å². The van der Waals surface area contributed by atoms with Gasteiger partial charge in [0.05, 0.1) is 10.0 Å². The minimum Gasteiger partial charge on any atom is -0.337 e. The van der Waals surface area contributed by atoms with Gasteiger partial charge in [-0.15, -0.1) is 0 Å². The topological polar surface area (TPSA) is 69.7 Å². The lowest BCUT2D eigenvalue weighted by atomic mass is 10.0. The van der Waals surface area contributed by atoms with Crippen LogP contribution in [0.3, 0.4) is 0 Å². The minimum atomic E-state index is -0.520. The van der Waals surface area contributed by atoms with Crippen molar-refractivity contribution in [1.82, 2.24) is 15.1 Å². The second-order valence-electron chi connectivity index (χ2n) is 7.81. The summed E-state index contributed by atoms with van der Waals surface area (Å²) in [7, 11) is 1.69. The number of benzene rings is 2. The monoisotopic (exact) mass is 457 g/mol. The van der Waals surface area contributed by atoms with Crippen molar-refractivity contribution in [3.63, 3.8) is 0 Å². The number of nitrogens with zero attached hydrogens (tertiary/aromatic N) is 2. The van der Waals surface area contributed by atoms with Crippen molar-refractivity contribution in [3.8, 4) is 0 Å². The Morgan fingerprint density at radius 2 is 2.00 bits per heavy atom. The molecule has 160 valence electrons. The first-order valence-corrected chi connectivity index (χ1v) is 10.6. The zero-order valence-electron chi connectivity index (χ0n) is 17.0. The van der Waals surface area contributed by atoms with E-state index in [4.69, 9.17) is 23.2 Å². The van der Waals surface area contributed by atoms with Crippen LogP contribution in [-0.2, 0) is 17.9 Å². The average Bonchev–Trinajstić information content (AvgIpc) is 3.07. The number of halogens is 2. The summed E-state index contributed by atoms with van der Waals surface area (Å²) < 4.78 is 0. The number of allylic oxidation sites excluding steroid dienone is 1. The summed E-state index contributed by atoms with van der Waals surface area (Å²) in [5.74, 6) is -0.573. The summed E-state index contributed by atoms with van der Waals surface area (Å²) >= 11 is 12.0. The summed E-state index contributed by atoms with van der Waals surface area (Å²) in [6, 6.07) is 9.70. The lowest BCUT2D eigenvalue weighted by Gasteiger charge is -2.31. The molecule has 8 heteroatoms. The van der Waals surface area contributed by atoms with Gasteiger partial charge in [-0.3, -0.25) is 14.4 Å². The minimum absolute atomic E-state index is 0.164. The van der Waals surface area contributed by atoms with E-state index < -0.39 is 6.04 Å². The maximum absolute atomic E-state index is 13.0. The van der Waals surface area contributed by atoms with Crippen molar-refractivity contribution in [1.29, 1.82) is 0 Å². The van der Waals surface area contributed by atoms with E-state index in [2.05, 4.69) is 11.9 Å². The Balaban J connectivity index is 1.54. The summed E-state index contributed by atoms with van der Waals surface area (Å²) in [5.41, 5.74) is 3.39. The highest BCUT2D eigenvalue weighted by Gasteiger charge is 2.38. The van der Waals surface area contributed by atoms with E-state index in [0.717, 1.165) is 11.1 Å². The molecule has 2 aromatic rings. The molecule has 31 heavy (non-hydrogen) atoms. The number of piperidine rings is 1. The number of rotatable bonds is 4. The van der Waals surface area contributed by atoms with Gasteiger partial charge in [0.1, 0.15) is 6.04 Å². The van der Waals surface area contributed by atoms with Crippen LogP contribution in [0.1, 0.15) is 44.7 Å². The first-order chi connectivity index (χ1) is 14.8. The van der Waals surface area contributed by atoms with Crippen LogP contribution in [-0.4, -0.2) is 40.6 Å². The second kappa shape index (κ2) is 8.36. The molecule has 0 radical (unpaired) electrons. The van der Waals surface area contributed by atoms with Gasteiger partial charge in [-0.2, -0.15) is 0 Å². The van der Waals surface area contributed by atoms with Crippen LogP contribution in [0.4, 0.5) is 0 Å². The molecule has 0 aromatic heterocycles. The average molecular weight is 458 g/mol. The van der Waals surface area contributed by atoms with Gasteiger partial charge >= 0.3 is 0 Å². The Morgan fingerprint density at radius 3 is 2.71 bits per heavy atom. The summed E-state index contributed by atoms with van der Waals surface area (Å²) in [4.78, 5) is 41.4. The molecule has 1 fully saturated rings. The van der Waals surface area contributed by atoms with Crippen LogP contribution in [0.25, 0.3) is 0 Å². The van der Waals surface area contributed by atoms with Crippen molar-refractivity contribution in [2.24, 2.45) is 0 Å². The fraction of sp³-hybridized carbons (Fsp3) is 0.261. The third-order valence-corrected chi connectivity index (χ3v) is 6.45. The third kappa shape index (κ3) is 4.05. The van der Waals surface area contributed by atoms with Gasteiger partial charge in [0.25, 0.3) is 11.8 Å². The van der Waals surface area contributed by atoms with E-state index >= 15 is 0 Å². The maximum atomic E-state index is 13.0. The van der Waals surface area contributed by atoms with E-state index in [0.29, 0.717) is 52.8 Å². The molecule has 0 bridgehead atoms. The normalized spacial score (nSPS) is 18.1. The lowest BCUT2D eigenvalue weighted by Crippen LogP contribution is -2.49. The number of hydrogen-bond acceptors (Lipinski definition) is 3. The SMILES string of the molecule is C=C1CCC(N2Cc3c(CN(C)C(=O)c4ccc(Cl)c(Cl)c4)cccc3C2=O)C(=O)N1. The number of hydrogen-bond donors (Lipinski definition) is 1. The predicted molar refractivity (Wildman–Crippen MR) is 119 cm³/mol. The fourth-order valence-corrected chi connectivity index (χ4v) is 4.35. The highest BCUT2D eigenvalue weighted by molar-refractivity contribution is 6.42. The first kappa shape index (κ1) is 21.4. The van der Waals surface area contributed by atoms with Crippen LogP contribution in [0.5, 0.6) is 0 Å². The molecule has 3 amide bonds. The van der Waals surface area contributed by atoms with Gasteiger partial charge in [0, 0.05) is 37.0 Å². The first-order valence-electron chi connectivity index (χ1n) is 9.87. The quantitative estimate of drug-likeness (QED) is 0.753. The lowest BCUT2D eigenvalue weighted by molar-refractivity contribution is -0.126. The highest BCUT2D eigenvalue weighted by atomic mass is 35.5. The molecular weight excluding hydrogens is 437 g/mol. The molecule has 0 saturated carbocycles. The van der Waals surface area contributed by atoms with Crippen LogP contribution < -0.4 is 5.32 Å². The van der Waals surface area contributed by atoms with Crippen LogP contribution >= 0.6 is 23.2 Å². The number of amides is 3. The van der Waals surface area contributed by atoms with Crippen LogP contribution in [0.15, 0.2) is 48.7 Å². The van der Waals surface area contributed by atoms with Gasteiger partial charge in [-0.1, -0.05) is 41.9 Å². The highest BCUT2D eigenvalue weighted by Crippen LogP contribution is 2.31. The number of fused-ring (bicyclic) bond motifs is 1. The molecule has 1 unspecified atom stereocenters. The van der Waals surface area contributed by atoms with Crippen molar-refractivity contribution in [2.45, 2.75) is 32.0 Å². The summed E-state index contributed by atoms with van der Waals surface area (Å²) in [5, 5.41) is 3.44. The molecule has 2 aromatic carbocycles. The molecule has 1 atom stereocenters. The zero-order chi connectivity index (χ0) is 22.3. The number of nitrogens with one attached hydrogen (secondary N) is 1. The van der Waals surface area contributed by atoms with E-state index in [-0.39, 0.29) is 17.7 Å². The Hall–Kier alpha value is -2.83. The summed E-state index contributed by atoms with van der Waals surface area (Å²) in [6.45, 7) is 4.45. The Kier molecular flexibility index (Phi) is 5.77. The van der Waals surface area contributed by atoms with E-state index in [1.807, 2.05) is 6.07 Å². The molecule has 0 spiro atoms. The standard InChI is InChI=1S/C23H21Cl2N3O3/c1-13-6-9-20(21(29)26-13)28-12-17-15(4-3-5-16(17)23(28)31)11-27(2)22(30)14-7-8-18(24)19(25)10-14/h3-5,7-8,10,20H,1,6,9,11-12H2,2H3,(H,26,29). The van der Waals surface area contributed by atoms with Crippen LogP contribution in [0, 0.1) is 0 Å². The van der Waals surface area contributed by atoms with Gasteiger partial charge in [0.15, 0.2) is 0 Å². The van der Waals surface area contributed by atoms with Gasteiger partial charge in [0.2, 0.25) is 5.91 Å². The van der Waals surface area contributed by atoms with Gasteiger partial charge in [-0.05, 0) is 48.2 Å². The molecule has 2 aliphatic heterocycles. The Morgan fingerprint density at radius 1 is 1.23 bits per heavy atom. The van der Waals surface area contributed by atoms with Gasteiger partial charge < -0.3 is 15.1 Å². The number of carbonyl (C=O) groups is 3. The number of carbonyl (C=O) groups excluding carboxylic acids is 3. The van der Waals surface area contributed by atoms with Crippen molar-refractivity contribution in [3.05, 3.63) is 81.0 Å². The molecule has 0 aliphatic carbocycles. The third-order valence-electron chi connectivity index (χ3n) is 5.71. The predicted octanol–water partition coefficient (Wildman–Crippen LogP) is 4.01. The summed E-state index contributed by atoms with van der Waals surface area (Å²) in [6.07, 6.45) is 1.19. The van der Waals surface area contributed by atoms with E-state index in [1.54, 1.807) is 47.2 Å². The molecule has 1 saturated heterocycles. The molecule has 2 heterocycles. The molecule has 1 N–H and O–H groups in total. The zero-order valence-corrected chi connectivity index (χ0v) is 18.5. The van der Waals surface area contributed by atoms with Gasteiger partial charge in [-0.25, -0.2) is 0 Å². The van der Waals surface area contributed by atoms with E-state index in [1.165, 1.54) is 0 Å². The van der Waals surface area contributed by atoms with Crippen molar-refractivity contribution in [2.75, 3.05) is 7.05 Å². The maximum Gasteiger partial charge on any atom is 0.255 e. The van der Waals surface area contributed by atoms with Crippen molar-refractivity contribution < 1.29 is 14.4 Å². The Bertz CT molecular complexity index is 1120. The smallest absolute Gasteiger partial charge is 0.255 e. The largest absolute Gasteiger partial charge is 0.337 e. The molecule has 6 nitrogen and oxygen atoms in total.